The Morgan fingerprint density at radius 2 is 1.92 bits per heavy atom. The molecule has 5 nitrogen and oxygen atoms in total. The Morgan fingerprint density at radius 1 is 1.17 bits per heavy atom. The van der Waals surface area contributed by atoms with Crippen LogP contribution in [0.3, 0.4) is 0 Å². The third-order valence-electron chi connectivity index (χ3n) is 5.65. The number of carbonyl (C=O) groups is 2. The van der Waals surface area contributed by atoms with Crippen LogP contribution in [0.4, 0.5) is 0 Å². The third-order valence-corrected chi connectivity index (χ3v) is 5.65. The first kappa shape index (κ1) is 15.2. The highest BCUT2D eigenvalue weighted by Gasteiger charge is 2.29. The van der Waals surface area contributed by atoms with Crippen molar-refractivity contribution in [2.24, 2.45) is 13.0 Å². The monoisotopic (exact) mass is 326 g/mol. The molecule has 0 atom stereocenters. The maximum atomic E-state index is 13.0. The van der Waals surface area contributed by atoms with Crippen LogP contribution in [0.25, 0.3) is 10.9 Å². The molecule has 0 saturated carbocycles. The van der Waals surface area contributed by atoms with Crippen LogP contribution in [0, 0.1) is 5.92 Å². The molecule has 126 valence electrons. The minimum absolute atomic E-state index is 0.0312. The van der Waals surface area contributed by atoms with Crippen molar-refractivity contribution in [3.05, 3.63) is 35.0 Å². The summed E-state index contributed by atoms with van der Waals surface area (Å²) >= 11 is 0. The summed E-state index contributed by atoms with van der Waals surface area (Å²) < 4.78 is 2.19. The van der Waals surface area contributed by atoms with Crippen LogP contribution in [0.15, 0.2) is 18.2 Å². The highest BCUT2D eigenvalue weighted by Crippen LogP contribution is 2.34. The van der Waals surface area contributed by atoms with Gasteiger partial charge in [-0.1, -0.05) is 12.1 Å². The van der Waals surface area contributed by atoms with E-state index >= 15 is 0 Å². The van der Waals surface area contributed by atoms with Gasteiger partial charge in [-0.2, -0.15) is 0 Å². The number of fused-ring (bicyclic) bond motifs is 3. The first-order chi connectivity index (χ1) is 11.6. The van der Waals surface area contributed by atoms with E-state index in [9.17, 15) is 9.59 Å². The van der Waals surface area contributed by atoms with Gasteiger partial charge in [-0.05, 0) is 43.7 Å². The molecule has 0 radical (unpaired) electrons. The Kier molecular flexibility index (Phi) is 3.59. The molecule has 1 aliphatic heterocycles. The van der Waals surface area contributed by atoms with E-state index in [-0.39, 0.29) is 11.8 Å². The molecule has 1 aromatic heterocycles. The third kappa shape index (κ3) is 2.22. The van der Waals surface area contributed by atoms with Crippen LogP contribution in [0.1, 0.15) is 40.9 Å². The molecule has 2 aromatic rings. The lowest BCUT2D eigenvalue weighted by Gasteiger charge is -2.30. The van der Waals surface area contributed by atoms with Gasteiger partial charge in [-0.25, -0.2) is 0 Å². The second kappa shape index (κ2) is 5.65. The zero-order valence-corrected chi connectivity index (χ0v) is 13.9. The van der Waals surface area contributed by atoms with E-state index in [0.717, 1.165) is 23.9 Å². The number of nitrogens with zero attached hydrogens (tertiary/aromatic N) is 2. The minimum Gasteiger partial charge on any atom is -0.481 e. The Labute approximate surface area is 140 Å². The Balaban J connectivity index is 1.68. The summed E-state index contributed by atoms with van der Waals surface area (Å²) in [7, 11) is 2.06. The Morgan fingerprint density at radius 3 is 2.62 bits per heavy atom. The first-order valence-electron chi connectivity index (χ1n) is 8.69. The molecule has 4 rings (SSSR count). The van der Waals surface area contributed by atoms with Crippen molar-refractivity contribution >= 4 is 22.8 Å². The highest BCUT2D eigenvalue weighted by molar-refractivity contribution is 6.07. The van der Waals surface area contributed by atoms with Crippen molar-refractivity contribution in [3.8, 4) is 0 Å². The number of benzene rings is 1. The van der Waals surface area contributed by atoms with Crippen molar-refractivity contribution < 1.29 is 14.7 Å². The molecule has 24 heavy (non-hydrogen) atoms. The molecule has 1 aliphatic carbocycles. The topological polar surface area (TPSA) is 62.5 Å². The molecule has 0 unspecified atom stereocenters. The number of aliphatic carboxylic acids is 1. The first-order valence-corrected chi connectivity index (χ1v) is 8.69. The van der Waals surface area contributed by atoms with E-state index in [1.54, 1.807) is 0 Å². The van der Waals surface area contributed by atoms with Gasteiger partial charge in [0.05, 0.1) is 17.0 Å². The number of rotatable bonds is 2. The number of aromatic nitrogens is 1. The van der Waals surface area contributed by atoms with Crippen molar-refractivity contribution in [1.29, 1.82) is 0 Å². The van der Waals surface area contributed by atoms with E-state index in [1.807, 2.05) is 17.0 Å². The van der Waals surface area contributed by atoms with Gasteiger partial charge in [0.15, 0.2) is 0 Å². The predicted octanol–water partition coefficient (Wildman–Crippen LogP) is 2.60. The summed E-state index contributed by atoms with van der Waals surface area (Å²) in [6.07, 6.45) is 4.45. The second-order valence-electron chi connectivity index (χ2n) is 6.94. The van der Waals surface area contributed by atoms with E-state index in [4.69, 9.17) is 5.11 Å². The lowest BCUT2D eigenvalue weighted by Crippen LogP contribution is -2.40. The molecular formula is C19H22N2O3. The zero-order valence-electron chi connectivity index (χ0n) is 13.9. The van der Waals surface area contributed by atoms with Gasteiger partial charge in [-0.3, -0.25) is 9.59 Å². The maximum Gasteiger partial charge on any atom is 0.306 e. The average Bonchev–Trinajstić information content (AvgIpc) is 3.18. The molecule has 5 heteroatoms. The number of aryl methyl sites for hydroxylation is 2. The fourth-order valence-electron chi connectivity index (χ4n) is 4.34. The SMILES string of the molecule is Cn1c2c(c3cccc(C(=O)N4CCC(C(=O)O)CC4)c31)CCC2. The number of hydrogen-bond acceptors (Lipinski definition) is 2. The quantitative estimate of drug-likeness (QED) is 0.923. The van der Waals surface area contributed by atoms with Crippen LogP contribution in [0.5, 0.6) is 0 Å². The van der Waals surface area contributed by atoms with Crippen molar-refractivity contribution in [2.75, 3.05) is 13.1 Å². The van der Waals surface area contributed by atoms with E-state index in [0.29, 0.717) is 25.9 Å². The zero-order chi connectivity index (χ0) is 16.8. The van der Waals surface area contributed by atoms with E-state index < -0.39 is 5.97 Å². The highest BCUT2D eigenvalue weighted by atomic mass is 16.4. The van der Waals surface area contributed by atoms with Crippen LogP contribution in [-0.4, -0.2) is 39.5 Å². The van der Waals surface area contributed by atoms with Gasteiger partial charge < -0.3 is 14.6 Å². The summed E-state index contributed by atoms with van der Waals surface area (Å²) in [5.74, 6) is -1.03. The molecule has 1 aromatic carbocycles. The Bertz CT molecular complexity index is 829. The second-order valence-corrected chi connectivity index (χ2v) is 6.94. The molecular weight excluding hydrogens is 304 g/mol. The molecule has 1 saturated heterocycles. The number of carboxylic acid groups (broad SMARTS) is 1. The van der Waals surface area contributed by atoms with Crippen molar-refractivity contribution in [1.82, 2.24) is 9.47 Å². The fraction of sp³-hybridized carbons (Fsp3) is 0.474. The number of carboxylic acids is 1. The van der Waals surface area contributed by atoms with Gasteiger partial charge in [0.25, 0.3) is 5.91 Å². The predicted molar refractivity (Wildman–Crippen MR) is 91.2 cm³/mol. The van der Waals surface area contributed by atoms with Gasteiger partial charge >= 0.3 is 5.97 Å². The summed E-state index contributed by atoms with van der Waals surface area (Å²) in [6.45, 7) is 1.05. The van der Waals surface area contributed by atoms with Gasteiger partial charge in [0, 0.05) is 31.2 Å². The molecule has 0 bridgehead atoms. The largest absolute Gasteiger partial charge is 0.481 e. The number of likely N-dealkylation sites (tertiary alicyclic amines) is 1. The standard InChI is InChI=1S/C19H22N2O3/c1-20-16-7-3-4-13(16)14-5-2-6-15(17(14)20)18(22)21-10-8-12(9-11-21)19(23)24/h2,5-6,12H,3-4,7-11H2,1H3,(H,23,24). The molecule has 0 spiro atoms. The molecule has 2 aliphatic rings. The number of carbonyl (C=O) groups excluding carboxylic acids is 1. The minimum atomic E-state index is -0.747. The van der Waals surface area contributed by atoms with Gasteiger partial charge in [0.1, 0.15) is 0 Å². The summed E-state index contributed by atoms with van der Waals surface area (Å²) in [5.41, 5.74) is 4.53. The van der Waals surface area contributed by atoms with E-state index in [2.05, 4.69) is 17.7 Å². The molecule has 2 heterocycles. The van der Waals surface area contributed by atoms with Gasteiger partial charge in [-0.15, -0.1) is 0 Å². The van der Waals surface area contributed by atoms with Crippen LogP contribution < -0.4 is 0 Å². The van der Waals surface area contributed by atoms with Crippen LogP contribution >= 0.6 is 0 Å². The summed E-state index contributed by atoms with van der Waals surface area (Å²) in [5, 5.41) is 10.3. The van der Waals surface area contributed by atoms with Gasteiger partial charge in [0.2, 0.25) is 0 Å². The fourth-order valence-corrected chi connectivity index (χ4v) is 4.34. The normalized spacial score (nSPS) is 18.1. The summed E-state index contributed by atoms with van der Waals surface area (Å²) in [6, 6.07) is 5.99. The maximum absolute atomic E-state index is 13.0. The van der Waals surface area contributed by atoms with Crippen LogP contribution in [0.2, 0.25) is 0 Å². The summed E-state index contributed by atoms with van der Waals surface area (Å²) in [4.78, 5) is 25.9. The molecule has 1 fully saturated rings. The number of hydrogen-bond donors (Lipinski definition) is 1. The molecule has 1 N–H and O–H groups in total. The lowest BCUT2D eigenvalue weighted by atomic mass is 9.96. The number of para-hydroxylation sites is 1. The number of piperidine rings is 1. The van der Waals surface area contributed by atoms with E-state index in [1.165, 1.54) is 23.1 Å². The van der Waals surface area contributed by atoms with Crippen molar-refractivity contribution in [2.45, 2.75) is 32.1 Å². The lowest BCUT2D eigenvalue weighted by molar-refractivity contribution is -0.143. The average molecular weight is 326 g/mol. The molecule has 1 amide bonds. The smallest absolute Gasteiger partial charge is 0.306 e. The van der Waals surface area contributed by atoms with Crippen LogP contribution in [-0.2, 0) is 24.7 Å². The van der Waals surface area contributed by atoms with Crippen molar-refractivity contribution in [3.63, 3.8) is 0 Å². The Hall–Kier alpha value is -2.30. The number of amides is 1.